The zero-order valence-corrected chi connectivity index (χ0v) is 16.8. The molecule has 0 saturated carbocycles. The van der Waals surface area contributed by atoms with Crippen molar-refractivity contribution in [3.8, 4) is 11.1 Å². The summed E-state index contributed by atoms with van der Waals surface area (Å²) >= 11 is 0. The average Bonchev–Trinajstić information content (AvgIpc) is 3.01. The van der Waals surface area contributed by atoms with Gasteiger partial charge in [-0.15, -0.1) is 0 Å². The molecule has 2 heterocycles. The Kier molecular flexibility index (Phi) is 4.76. The van der Waals surface area contributed by atoms with Gasteiger partial charge in [0, 0.05) is 36.3 Å². The number of aromatic nitrogens is 3. The van der Waals surface area contributed by atoms with Crippen molar-refractivity contribution in [2.24, 2.45) is 12.0 Å². The zero-order chi connectivity index (χ0) is 20.5. The van der Waals surface area contributed by atoms with Crippen molar-refractivity contribution in [1.29, 1.82) is 0 Å². The zero-order valence-electron chi connectivity index (χ0n) is 16.8. The first kappa shape index (κ1) is 18.7. The fourth-order valence-electron chi connectivity index (χ4n) is 3.72. The molecule has 6 nitrogen and oxygen atoms in total. The van der Waals surface area contributed by atoms with Crippen LogP contribution in [0, 0.1) is 13.8 Å². The smallest absolute Gasteiger partial charge is 0.145 e. The van der Waals surface area contributed by atoms with Gasteiger partial charge in [0.15, 0.2) is 0 Å². The highest BCUT2D eigenvalue weighted by Crippen LogP contribution is 2.33. The number of nitrogen functional groups attached to an aromatic ring is 2. The number of nitrogens with zero attached hydrogens (tertiary/aromatic N) is 4. The maximum Gasteiger partial charge on any atom is 0.145 e. The molecule has 0 unspecified atom stereocenters. The molecule has 4 aromatic rings. The third kappa shape index (κ3) is 3.69. The second-order valence-electron chi connectivity index (χ2n) is 7.42. The van der Waals surface area contributed by atoms with E-state index in [-0.39, 0.29) is 0 Å². The summed E-state index contributed by atoms with van der Waals surface area (Å²) in [5, 5.41) is 0.845. The van der Waals surface area contributed by atoms with Crippen LogP contribution in [0.1, 0.15) is 22.3 Å². The summed E-state index contributed by atoms with van der Waals surface area (Å²) in [5.74, 6) is 0.465. The highest BCUT2D eigenvalue weighted by atomic mass is 15.0. The number of rotatable bonds is 4. The summed E-state index contributed by atoms with van der Waals surface area (Å²) < 4.78 is 1.95. The number of anilines is 2. The number of aliphatic imine (C=N–C) groups is 1. The first-order valence-corrected chi connectivity index (χ1v) is 9.45. The van der Waals surface area contributed by atoms with E-state index in [4.69, 9.17) is 11.5 Å². The van der Waals surface area contributed by atoms with Crippen molar-refractivity contribution in [2.45, 2.75) is 20.4 Å². The van der Waals surface area contributed by atoms with Crippen LogP contribution in [0.25, 0.3) is 22.2 Å². The van der Waals surface area contributed by atoms with Crippen molar-refractivity contribution in [1.82, 2.24) is 14.5 Å². The molecule has 0 radical (unpaired) electrons. The molecule has 6 heteroatoms. The number of hydrogen-bond acceptors (Lipinski definition) is 5. The van der Waals surface area contributed by atoms with Crippen molar-refractivity contribution >= 4 is 28.8 Å². The topological polar surface area (TPSA) is 95.1 Å². The Hall–Kier alpha value is -3.67. The Morgan fingerprint density at radius 1 is 1.03 bits per heavy atom. The molecule has 2 aromatic heterocycles. The first-order valence-electron chi connectivity index (χ1n) is 9.45. The van der Waals surface area contributed by atoms with E-state index in [1.165, 1.54) is 23.0 Å². The average molecular weight is 384 g/mol. The molecule has 0 aliphatic heterocycles. The van der Waals surface area contributed by atoms with Crippen LogP contribution in [0.3, 0.4) is 0 Å². The third-order valence-electron chi connectivity index (χ3n) is 4.97. The fraction of sp³-hybridized carbons (Fsp3) is 0.174. The van der Waals surface area contributed by atoms with Gasteiger partial charge in [-0.25, -0.2) is 9.97 Å². The molecule has 0 atom stereocenters. The number of hydrogen-bond donors (Lipinski definition) is 2. The SMILES string of the molecule is Cc1cc(C)cc(CN=Cc2cc(-c3cn(C)c4ncnc(N)c34)ccc2N)c1. The number of fused-ring (bicyclic) bond motifs is 1. The molecule has 0 fully saturated rings. The lowest BCUT2D eigenvalue weighted by molar-refractivity contribution is 0.945. The Labute approximate surface area is 169 Å². The largest absolute Gasteiger partial charge is 0.398 e. The summed E-state index contributed by atoms with van der Waals surface area (Å²) in [7, 11) is 1.95. The first-order chi connectivity index (χ1) is 13.9. The quantitative estimate of drug-likeness (QED) is 0.410. The molecule has 0 bridgehead atoms. The number of nitrogens with two attached hydrogens (primary N) is 2. The third-order valence-corrected chi connectivity index (χ3v) is 4.97. The van der Waals surface area contributed by atoms with E-state index < -0.39 is 0 Å². The minimum Gasteiger partial charge on any atom is -0.398 e. The predicted octanol–water partition coefficient (Wildman–Crippen LogP) is 4.04. The van der Waals surface area contributed by atoms with Gasteiger partial charge in [-0.2, -0.15) is 0 Å². The van der Waals surface area contributed by atoms with Gasteiger partial charge in [0.25, 0.3) is 0 Å². The van der Waals surface area contributed by atoms with Gasteiger partial charge in [0.2, 0.25) is 0 Å². The predicted molar refractivity (Wildman–Crippen MR) is 120 cm³/mol. The minimum absolute atomic E-state index is 0.465. The summed E-state index contributed by atoms with van der Waals surface area (Å²) in [4.78, 5) is 13.1. The second kappa shape index (κ2) is 7.39. The molecule has 0 amide bonds. The molecule has 0 saturated heterocycles. The summed E-state index contributed by atoms with van der Waals surface area (Å²) in [6.07, 6.45) is 5.33. The van der Waals surface area contributed by atoms with Gasteiger partial charge in [0.1, 0.15) is 17.8 Å². The molecule has 4 rings (SSSR count). The fourth-order valence-corrected chi connectivity index (χ4v) is 3.72. The molecule has 4 N–H and O–H groups in total. The second-order valence-corrected chi connectivity index (χ2v) is 7.42. The Morgan fingerprint density at radius 2 is 1.79 bits per heavy atom. The van der Waals surface area contributed by atoms with E-state index in [0.717, 1.165) is 27.7 Å². The lowest BCUT2D eigenvalue weighted by Gasteiger charge is -2.06. The van der Waals surface area contributed by atoms with Crippen LogP contribution in [0.4, 0.5) is 11.5 Å². The highest BCUT2D eigenvalue weighted by Gasteiger charge is 2.14. The molecule has 0 aliphatic carbocycles. The van der Waals surface area contributed by atoms with Crippen molar-refractivity contribution in [2.75, 3.05) is 11.5 Å². The number of aryl methyl sites for hydroxylation is 3. The maximum atomic E-state index is 6.20. The van der Waals surface area contributed by atoms with Gasteiger partial charge < -0.3 is 16.0 Å². The van der Waals surface area contributed by atoms with Crippen LogP contribution < -0.4 is 11.5 Å². The minimum atomic E-state index is 0.465. The van der Waals surface area contributed by atoms with Gasteiger partial charge in [-0.1, -0.05) is 35.4 Å². The van der Waals surface area contributed by atoms with E-state index in [1.807, 2.05) is 42.2 Å². The van der Waals surface area contributed by atoms with Gasteiger partial charge in [-0.3, -0.25) is 4.99 Å². The monoisotopic (exact) mass is 384 g/mol. The van der Waals surface area contributed by atoms with Crippen LogP contribution in [-0.2, 0) is 13.6 Å². The van der Waals surface area contributed by atoms with E-state index in [9.17, 15) is 0 Å². The van der Waals surface area contributed by atoms with Crippen LogP contribution >= 0.6 is 0 Å². The lowest BCUT2D eigenvalue weighted by Crippen LogP contribution is -1.96. The van der Waals surface area contributed by atoms with Gasteiger partial charge in [0.05, 0.1) is 11.9 Å². The summed E-state index contributed by atoms with van der Waals surface area (Å²) in [6, 6.07) is 12.4. The Morgan fingerprint density at radius 3 is 2.55 bits per heavy atom. The molecule has 0 aliphatic rings. The van der Waals surface area contributed by atoms with E-state index in [2.05, 4.69) is 47.0 Å². The molecule has 29 heavy (non-hydrogen) atoms. The van der Waals surface area contributed by atoms with E-state index in [1.54, 1.807) is 0 Å². The molecule has 0 spiro atoms. The standard InChI is InChI=1S/C23H24N6/c1-14-6-15(2)8-16(7-14)10-26-11-18-9-17(4-5-20(18)24)19-12-29(3)23-21(19)22(25)27-13-28-23/h4-9,11-13H,10,24H2,1-3H3,(H2,25,27,28). The van der Waals surface area contributed by atoms with E-state index in [0.29, 0.717) is 18.1 Å². The van der Waals surface area contributed by atoms with E-state index >= 15 is 0 Å². The normalized spacial score (nSPS) is 11.6. The Balaban J connectivity index is 1.68. The van der Waals surface area contributed by atoms with Crippen LogP contribution in [0.15, 0.2) is 53.9 Å². The summed E-state index contributed by atoms with van der Waals surface area (Å²) in [6.45, 7) is 4.81. The molecular formula is C23H24N6. The number of benzene rings is 2. The summed E-state index contributed by atoms with van der Waals surface area (Å²) in [5.41, 5.74) is 20.3. The molecular weight excluding hydrogens is 360 g/mol. The highest BCUT2D eigenvalue weighted by molar-refractivity contribution is 6.01. The van der Waals surface area contributed by atoms with Crippen molar-refractivity contribution < 1.29 is 0 Å². The lowest BCUT2D eigenvalue weighted by atomic mass is 10.0. The van der Waals surface area contributed by atoms with Gasteiger partial charge >= 0.3 is 0 Å². The van der Waals surface area contributed by atoms with Gasteiger partial charge in [-0.05, 0) is 37.1 Å². The molecule has 2 aromatic carbocycles. The maximum absolute atomic E-state index is 6.20. The van der Waals surface area contributed by atoms with Crippen molar-refractivity contribution in [3.63, 3.8) is 0 Å². The Bertz CT molecular complexity index is 1220. The van der Waals surface area contributed by atoms with Crippen molar-refractivity contribution in [3.05, 3.63) is 71.2 Å². The van der Waals surface area contributed by atoms with Crippen LogP contribution in [0.5, 0.6) is 0 Å². The van der Waals surface area contributed by atoms with Crippen LogP contribution in [-0.4, -0.2) is 20.7 Å². The van der Waals surface area contributed by atoms with Crippen LogP contribution in [0.2, 0.25) is 0 Å². The molecule has 146 valence electrons.